The van der Waals surface area contributed by atoms with Gasteiger partial charge in [0.1, 0.15) is 11.6 Å². The number of benzene rings is 9. The normalized spacial score (nSPS) is 11.9. The first kappa shape index (κ1) is 37.7. The van der Waals surface area contributed by atoms with E-state index in [1.807, 2.05) is 12.3 Å². The van der Waals surface area contributed by atoms with E-state index >= 15 is 0 Å². The second kappa shape index (κ2) is 15.4. The molecule has 0 radical (unpaired) electrons. The fourth-order valence-corrected chi connectivity index (χ4v) is 10.0. The van der Waals surface area contributed by atoms with Gasteiger partial charge in [-0.1, -0.05) is 164 Å². The van der Waals surface area contributed by atoms with Crippen LogP contribution in [0.5, 0.6) is 0 Å². The Balaban J connectivity index is 1.09. The number of rotatable bonds is 7. The molecule has 4 heterocycles. The van der Waals surface area contributed by atoms with E-state index in [4.69, 9.17) is 9.97 Å². The Morgan fingerprint density at radius 3 is 1.53 bits per heavy atom. The standard InChI is InChI=1S/C62H40N4/c1-5-17-41(18-6-1)47-33-48(42-19-7-2-8-20-42)35-49(34-47)46-30-31-56-52(36-46)54-39-53-51-27-15-25-45-26-16-28-57(62(45)51)66(58(53)40-59(54)65(56)60-29-13-14-32-63-60)61-38-50(43-21-9-3-10-22-43)37-55(64-61)44-23-11-4-12-24-44/h1-40H. The quantitative estimate of drug-likeness (QED) is 0.160. The fourth-order valence-electron chi connectivity index (χ4n) is 10.0. The van der Waals surface area contributed by atoms with Crippen LogP contribution in [0.15, 0.2) is 243 Å². The van der Waals surface area contributed by atoms with E-state index in [2.05, 4.69) is 240 Å². The van der Waals surface area contributed by atoms with Gasteiger partial charge in [-0.25, -0.2) is 9.97 Å². The van der Waals surface area contributed by atoms with Crippen molar-refractivity contribution in [3.8, 4) is 72.7 Å². The van der Waals surface area contributed by atoms with Crippen LogP contribution in [0.25, 0.3) is 105 Å². The van der Waals surface area contributed by atoms with Gasteiger partial charge in [-0.05, 0) is 128 Å². The molecule has 0 aliphatic carbocycles. The fraction of sp³-hybridized carbons (Fsp3) is 0. The summed E-state index contributed by atoms with van der Waals surface area (Å²) in [5, 5.41) is 4.72. The van der Waals surface area contributed by atoms with Crippen molar-refractivity contribution in [3.63, 3.8) is 0 Å². The van der Waals surface area contributed by atoms with Crippen molar-refractivity contribution in [2.45, 2.75) is 0 Å². The van der Waals surface area contributed by atoms with E-state index in [1.54, 1.807) is 0 Å². The molecule has 0 fully saturated rings. The van der Waals surface area contributed by atoms with Gasteiger partial charge in [0, 0.05) is 33.5 Å². The minimum Gasteiger partial charge on any atom is -0.294 e. The second-order valence-electron chi connectivity index (χ2n) is 17.0. The van der Waals surface area contributed by atoms with E-state index < -0.39 is 0 Å². The van der Waals surface area contributed by atoms with Gasteiger partial charge in [0.15, 0.2) is 0 Å². The van der Waals surface area contributed by atoms with Crippen LogP contribution in [-0.2, 0) is 0 Å². The molecular formula is C62H40N4. The molecule has 0 N–H and O–H groups in total. The van der Waals surface area contributed by atoms with Crippen molar-refractivity contribution in [1.29, 1.82) is 0 Å². The second-order valence-corrected chi connectivity index (χ2v) is 17.0. The van der Waals surface area contributed by atoms with Gasteiger partial charge in [0.05, 0.1) is 28.1 Å². The molecule has 0 saturated heterocycles. The van der Waals surface area contributed by atoms with Crippen LogP contribution >= 0.6 is 0 Å². The van der Waals surface area contributed by atoms with E-state index in [9.17, 15) is 0 Å². The highest BCUT2D eigenvalue weighted by atomic mass is 15.2. The minimum atomic E-state index is 0.855. The summed E-state index contributed by atoms with van der Waals surface area (Å²) in [6.07, 6.45) is 1.88. The summed E-state index contributed by atoms with van der Waals surface area (Å²) in [5.41, 5.74) is 18.0. The highest BCUT2D eigenvalue weighted by Gasteiger charge is 2.30. The Kier molecular flexibility index (Phi) is 8.81. The van der Waals surface area contributed by atoms with Crippen molar-refractivity contribution in [2.75, 3.05) is 4.90 Å². The Morgan fingerprint density at radius 1 is 0.318 bits per heavy atom. The van der Waals surface area contributed by atoms with Crippen LogP contribution < -0.4 is 4.90 Å². The van der Waals surface area contributed by atoms with Crippen LogP contribution in [-0.4, -0.2) is 14.5 Å². The summed E-state index contributed by atoms with van der Waals surface area (Å²) >= 11 is 0. The summed E-state index contributed by atoms with van der Waals surface area (Å²) in [7, 11) is 0. The minimum absolute atomic E-state index is 0.855. The number of nitrogens with zero attached hydrogens (tertiary/aromatic N) is 4. The first-order valence-corrected chi connectivity index (χ1v) is 22.5. The van der Waals surface area contributed by atoms with Gasteiger partial charge in [0.2, 0.25) is 0 Å². The molecule has 0 bridgehead atoms. The van der Waals surface area contributed by atoms with Gasteiger partial charge in [0.25, 0.3) is 0 Å². The van der Waals surface area contributed by atoms with E-state index in [1.165, 1.54) is 38.6 Å². The zero-order valence-corrected chi connectivity index (χ0v) is 35.9. The molecule has 0 unspecified atom stereocenters. The number of hydrogen-bond donors (Lipinski definition) is 0. The molecule has 0 spiro atoms. The van der Waals surface area contributed by atoms with Crippen LogP contribution in [0, 0.1) is 0 Å². The third-order valence-corrected chi connectivity index (χ3v) is 13.1. The number of pyridine rings is 2. The molecule has 66 heavy (non-hydrogen) atoms. The third kappa shape index (κ3) is 6.30. The smallest absolute Gasteiger partial charge is 0.138 e. The highest BCUT2D eigenvalue weighted by molar-refractivity contribution is 6.19. The van der Waals surface area contributed by atoms with Crippen LogP contribution in [0.3, 0.4) is 0 Å². The Hall–Kier alpha value is -8.86. The zero-order chi connectivity index (χ0) is 43.6. The number of aromatic nitrogens is 3. The van der Waals surface area contributed by atoms with Gasteiger partial charge in [-0.3, -0.25) is 9.47 Å². The Labute approximate surface area is 383 Å². The van der Waals surface area contributed by atoms with Crippen molar-refractivity contribution in [3.05, 3.63) is 243 Å². The number of fused-ring (bicyclic) bond motifs is 5. The lowest BCUT2D eigenvalue weighted by molar-refractivity contribution is 1.08. The van der Waals surface area contributed by atoms with E-state index in [0.717, 1.165) is 83.9 Å². The SMILES string of the molecule is c1ccc(-c2cc(-c3ccccc3)cc(-c3ccc4c(c3)c3cc5c(cc3n4-c3ccccn3)N(c3cc(-c4ccccc4)cc(-c4ccccc4)n3)c3cccc4cccc-5c34)c2)cc1. The molecule has 4 nitrogen and oxygen atoms in total. The van der Waals surface area contributed by atoms with E-state index in [-0.39, 0.29) is 0 Å². The molecule has 0 atom stereocenters. The van der Waals surface area contributed by atoms with Gasteiger partial charge < -0.3 is 0 Å². The molecule has 13 rings (SSSR count). The summed E-state index contributed by atoms with van der Waals surface area (Å²) < 4.78 is 2.33. The van der Waals surface area contributed by atoms with Gasteiger partial charge in [-0.2, -0.15) is 0 Å². The van der Waals surface area contributed by atoms with Crippen LogP contribution in [0.4, 0.5) is 17.2 Å². The summed E-state index contributed by atoms with van der Waals surface area (Å²) in [4.78, 5) is 12.9. The summed E-state index contributed by atoms with van der Waals surface area (Å²) in [6.45, 7) is 0. The highest BCUT2D eigenvalue weighted by Crippen LogP contribution is 2.53. The first-order chi connectivity index (χ1) is 32.7. The van der Waals surface area contributed by atoms with E-state index in [0.29, 0.717) is 0 Å². The zero-order valence-electron chi connectivity index (χ0n) is 35.9. The van der Waals surface area contributed by atoms with Crippen molar-refractivity contribution in [1.82, 2.24) is 14.5 Å². The maximum absolute atomic E-state index is 5.52. The topological polar surface area (TPSA) is 34.0 Å². The molecule has 1 aliphatic rings. The molecular weight excluding hydrogens is 801 g/mol. The predicted octanol–water partition coefficient (Wildman–Crippen LogP) is 16.5. The average molecular weight is 841 g/mol. The van der Waals surface area contributed by atoms with Crippen molar-refractivity contribution < 1.29 is 0 Å². The molecule has 3 aromatic heterocycles. The van der Waals surface area contributed by atoms with Gasteiger partial charge >= 0.3 is 0 Å². The molecule has 1 aliphatic heterocycles. The predicted molar refractivity (Wildman–Crippen MR) is 275 cm³/mol. The average Bonchev–Trinajstić information content (AvgIpc) is 3.72. The summed E-state index contributed by atoms with van der Waals surface area (Å²) in [5.74, 6) is 1.72. The molecule has 308 valence electrons. The van der Waals surface area contributed by atoms with Crippen molar-refractivity contribution in [2.24, 2.45) is 0 Å². The lowest BCUT2D eigenvalue weighted by Gasteiger charge is -2.33. The first-order valence-electron chi connectivity index (χ1n) is 22.5. The third-order valence-electron chi connectivity index (χ3n) is 13.1. The molecule has 12 aromatic rings. The molecule has 0 saturated carbocycles. The monoisotopic (exact) mass is 840 g/mol. The molecule has 4 heteroatoms. The molecule has 0 amide bonds. The lowest BCUT2D eigenvalue weighted by atomic mass is 9.89. The van der Waals surface area contributed by atoms with Crippen molar-refractivity contribution >= 4 is 49.8 Å². The lowest BCUT2D eigenvalue weighted by Crippen LogP contribution is -2.17. The van der Waals surface area contributed by atoms with Crippen LogP contribution in [0.1, 0.15) is 0 Å². The molecule has 9 aromatic carbocycles. The Morgan fingerprint density at radius 2 is 0.894 bits per heavy atom. The summed E-state index contributed by atoms with van der Waals surface area (Å²) in [6, 6.07) is 85.2. The maximum atomic E-state index is 5.52. The number of anilines is 3. The largest absolute Gasteiger partial charge is 0.294 e. The Bertz CT molecular complexity index is 3670. The number of hydrogen-bond acceptors (Lipinski definition) is 3. The van der Waals surface area contributed by atoms with Gasteiger partial charge in [-0.15, -0.1) is 0 Å². The van der Waals surface area contributed by atoms with Crippen LogP contribution in [0.2, 0.25) is 0 Å². The maximum Gasteiger partial charge on any atom is 0.138 e.